The molecule has 0 N–H and O–H groups in total. The van der Waals surface area contributed by atoms with E-state index in [-0.39, 0.29) is 24.9 Å². The van der Waals surface area contributed by atoms with Crippen molar-refractivity contribution in [2.45, 2.75) is 134 Å². The van der Waals surface area contributed by atoms with E-state index >= 15 is 0 Å². The molecule has 3 aliphatic carbocycles. The van der Waals surface area contributed by atoms with E-state index in [1.807, 2.05) is 0 Å². The van der Waals surface area contributed by atoms with E-state index in [1.54, 1.807) is 0 Å². The Bertz CT molecular complexity index is 1680. The first kappa shape index (κ1) is 39.1. The van der Waals surface area contributed by atoms with Crippen molar-refractivity contribution in [2.75, 3.05) is 22.9 Å². The number of allylic oxidation sites excluding steroid dienone is 3. The van der Waals surface area contributed by atoms with Crippen molar-refractivity contribution in [2.24, 2.45) is 0 Å². The Labute approximate surface area is 333 Å². The maximum atomic E-state index is 8.56. The average molecular weight is 829 g/mol. The molecule has 0 bridgehead atoms. The number of halogens is 2. The van der Waals surface area contributed by atoms with Gasteiger partial charge in [0.25, 0.3) is 0 Å². The van der Waals surface area contributed by atoms with Gasteiger partial charge in [0.1, 0.15) is 5.82 Å². The SMILES string of the molecule is CC(Cc1ccccc1)=C1C(=C2N(c3c(C)cc(C)cc3C)CCN2c2c(C)cc(C)cc2C)C(Cl)CC1(Cl)P(C1CCCC1)C1CCCC1.[Ru]. The zero-order chi connectivity index (χ0) is 35.3. The molecular weight excluding hydrogens is 771 g/mol. The van der Waals surface area contributed by atoms with Crippen LogP contribution in [0.5, 0.6) is 0 Å². The van der Waals surface area contributed by atoms with E-state index in [9.17, 15) is 0 Å². The van der Waals surface area contributed by atoms with Gasteiger partial charge in [-0.3, -0.25) is 0 Å². The van der Waals surface area contributed by atoms with Crippen LogP contribution < -0.4 is 9.80 Å². The number of alkyl halides is 2. The zero-order valence-corrected chi connectivity index (χ0v) is 36.0. The number of aryl methyl sites for hydroxylation is 6. The third-order valence-corrected chi connectivity index (χ3v) is 17.2. The van der Waals surface area contributed by atoms with Crippen LogP contribution in [-0.4, -0.2) is 34.4 Å². The number of anilines is 2. The first-order chi connectivity index (χ1) is 24.0. The van der Waals surface area contributed by atoms with Crippen LogP contribution in [0.2, 0.25) is 0 Å². The van der Waals surface area contributed by atoms with Gasteiger partial charge in [-0.15, -0.1) is 23.2 Å². The molecule has 7 rings (SSSR count). The van der Waals surface area contributed by atoms with Crippen molar-refractivity contribution in [3.63, 3.8) is 0 Å². The number of hydrogen-bond donors (Lipinski definition) is 0. The fraction of sp³-hybridized carbons (Fsp3) is 0.511. The molecule has 2 unspecified atom stereocenters. The maximum Gasteiger partial charge on any atom is 0.118 e. The van der Waals surface area contributed by atoms with Crippen LogP contribution in [0, 0.1) is 41.5 Å². The molecule has 1 saturated heterocycles. The third kappa shape index (κ3) is 7.42. The quantitative estimate of drug-likeness (QED) is 0.133. The number of rotatable bonds is 7. The van der Waals surface area contributed by atoms with Crippen LogP contribution in [0.4, 0.5) is 11.4 Å². The van der Waals surface area contributed by atoms with Crippen LogP contribution in [0.15, 0.2) is 77.1 Å². The molecule has 1 aliphatic heterocycles. The maximum absolute atomic E-state index is 8.56. The Balaban J connectivity index is 0.00000448. The Hall–Kier alpha value is -1.63. The van der Waals surface area contributed by atoms with Crippen molar-refractivity contribution in [1.82, 2.24) is 0 Å². The number of hydrogen-bond acceptors (Lipinski definition) is 2. The van der Waals surface area contributed by atoms with E-state index in [2.05, 4.69) is 113 Å². The Kier molecular flexibility index (Phi) is 12.3. The molecule has 2 nitrogen and oxygen atoms in total. The predicted octanol–water partition coefficient (Wildman–Crippen LogP) is 12.9. The summed E-state index contributed by atoms with van der Waals surface area (Å²) < 4.78 is -0.429. The van der Waals surface area contributed by atoms with Crippen molar-refractivity contribution >= 4 is 42.5 Å². The summed E-state index contributed by atoms with van der Waals surface area (Å²) >= 11 is 16.5. The van der Waals surface area contributed by atoms with Gasteiger partial charge in [-0.05, 0) is 132 Å². The summed E-state index contributed by atoms with van der Waals surface area (Å²) in [6.07, 6.45) is 12.5. The van der Waals surface area contributed by atoms with E-state index in [0.29, 0.717) is 0 Å². The van der Waals surface area contributed by atoms with Crippen LogP contribution in [-0.2, 0) is 25.9 Å². The topological polar surface area (TPSA) is 6.48 Å². The van der Waals surface area contributed by atoms with E-state index in [0.717, 1.165) is 37.2 Å². The van der Waals surface area contributed by atoms with Crippen LogP contribution >= 0.6 is 31.1 Å². The molecule has 0 amide bonds. The second kappa shape index (κ2) is 16.0. The summed E-state index contributed by atoms with van der Waals surface area (Å²) in [4.78, 5) is 5.28. The van der Waals surface area contributed by atoms with Crippen molar-refractivity contribution in [1.29, 1.82) is 0 Å². The fourth-order valence-electron chi connectivity index (χ4n) is 10.6. The molecule has 6 heteroatoms. The van der Waals surface area contributed by atoms with E-state index < -0.39 is 12.5 Å². The molecule has 3 aromatic carbocycles. The largest absolute Gasteiger partial charge is 0.325 e. The van der Waals surface area contributed by atoms with Crippen LogP contribution in [0.25, 0.3) is 0 Å². The molecule has 3 aromatic rings. The van der Waals surface area contributed by atoms with Gasteiger partial charge in [-0.25, -0.2) is 0 Å². The van der Waals surface area contributed by atoms with Crippen molar-refractivity contribution in [3.8, 4) is 0 Å². The number of benzene rings is 3. The first-order valence-corrected chi connectivity index (χ1v) is 21.6. The van der Waals surface area contributed by atoms with Gasteiger partial charge in [0.2, 0.25) is 0 Å². The predicted molar refractivity (Wildman–Crippen MR) is 220 cm³/mol. The average Bonchev–Trinajstić information content (AvgIpc) is 3.86. The molecule has 2 atom stereocenters. The fourth-order valence-corrected chi connectivity index (χ4v) is 17.0. The molecule has 0 spiro atoms. The molecule has 274 valence electrons. The molecule has 4 aliphatic rings. The van der Waals surface area contributed by atoms with Gasteiger partial charge in [0, 0.05) is 49.5 Å². The Morgan fingerprint density at radius 2 is 1.16 bits per heavy atom. The van der Waals surface area contributed by atoms with Gasteiger partial charge < -0.3 is 9.80 Å². The van der Waals surface area contributed by atoms with Gasteiger partial charge in [0.15, 0.2) is 0 Å². The zero-order valence-electron chi connectivity index (χ0n) is 31.9. The van der Waals surface area contributed by atoms with Gasteiger partial charge >= 0.3 is 0 Å². The third-order valence-electron chi connectivity index (χ3n) is 12.1. The van der Waals surface area contributed by atoms with E-state index in [1.165, 1.54) is 124 Å². The molecular formula is C45H57Cl2N2PRu. The number of nitrogens with zero attached hydrogens (tertiary/aromatic N) is 2. The second-order valence-corrected chi connectivity index (χ2v) is 20.5. The smallest absolute Gasteiger partial charge is 0.118 e. The molecule has 4 fully saturated rings. The summed E-state index contributed by atoms with van der Waals surface area (Å²) in [5, 5.41) is -0.156. The summed E-state index contributed by atoms with van der Waals surface area (Å²) in [6.45, 7) is 17.8. The molecule has 0 radical (unpaired) electrons. The minimum absolute atomic E-state index is 0. The summed E-state index contributed by atoms with van der Waals surface area (Å²) in [6, 6.07) is 20.5. The van der Waals surface area contributed by atoms with Gasteiger partial charge in [-0.2, -0.15) is 0 Å². The monoisotopic (exact) mass is 828 g/mol. The summed E-state index contributed by atoms with van der Waals surface area (Å²) in [7, 11) is -0.479. The standard InChI is InChI=1S/C45H57Cl2N2P.Ru/c1-29-23-32(4)42(33(5)24-29)48-21-22-49(43-34(6)25-30(2)26-35(43)7)44(48)40-39(46)28-45(47,41(40)31(3)27-36-15-9-8-10-16-36)50(37-17-11-12-18-37)38-19-13-14-20-38;/h8-10,15-16,23-26,37-39H,11-14,17-22,27-28H2,1-7H3;. The normalized spacial score (nSPS) is 24.0. The van der Waals surface area contributed by atoms with Crippen LogP contribution in [0.3, 0.4) is 0 Å². The second-order valence-electron chi connectivity index (χ2n) is 16.1. The molecule has 1 heterocycles. The molecule has 0 aromatic heterocycles. The van der Waals surface area contributed by atoms with Crippen molar-refractivity contribution in [3.05, 3.63) is 116 Å². The molecule has 3 saturated carbocycles. The molecule has 51 heavy (non-hydrogen) atoms. The van der Waals surface area contributed by atoms with Crippen molar-refractivity contribution < 1.29 is 19.5 Å². The minimum atomic E-state index is -0.479. The van der Waals surface area contributed by atoms with Crippen LogP contribution in [0.1, 0.15) is 104 Å². The Morgan fingerprint density at radius 1 is 0.725 bits per heavy atom. The summed E-state index contributed by atoms with van der Waals surface area (Å²) in [5.41, 5.74) is 17.5. The van der Waals surface area contributed by atoms with Gasteiger partial charge in [-0.1, -0.05) is 105 Å². The first-order valence-electron chi connectivity index (χ1n) is 19.3. The summed E-state index contributed by atoms with van der Waals surface area (Å²) in [5.74, 6) is 1.27. The van der Waals surface area contributed by atoms with Gasteiger partial charge in [0.05, 0.1) is 9.99 Å². The minimum Gasteiger partial charge on any atom is -0.325 e. The Morgan fingerprint density at radius 3 is 1.59 bits per heavy atom. The van der Waals surface area contributed by atoms with E-state index in [4.69, 9.17) is 23.2 Å².